The normalized spacial score (nSPS) is 13.5. The SMILES string of the molecule is C[C@](O)(C#Cc1ccccc1)c1nc2ccccc2s1. The first-order valence-corrected chi connectivity index (χ1v) is 7.13. The standard InChI is InChI=1S/C17H13NOS/c1-17(19,12-11-13-7-3-2-4-8-13)16-18-14-9-5-6-10-15(14)20-16/h2-10,19H,1H3/t17-/m0/s1. The molecule has 0 spiro atoms. The molecule has 3 aromatic rings. The molecule has 0 fully saturated rings. The minimum absolute atomic E-state index is 0.627. The molecule has 0 bridgehead atoms. The highest BCUT2D eigenvalue weighted by molar-refractivity contribution is 7.18. The Kier molecular flexibility index (Phi) is 3.27. The monoisotopic (exact) mass is 279 g/mol. The van der Waals surface area contributed by atoms with E-state index in [1.165, 1.54) is 11.3 Å². The number of thiazole rings is 1. The molecule has 2 nitrogen and oxygen atoms in total. The van der Waals surface area contributed by atoms with E-state index in [-0.39, 0.29) is 0 Å². The first-order chi connectivity index (χ1) is 9.65. The summed E-state index contributed by atoms with van der Waals surface area (Å²) >= 11 is 1.48. The molecule has 1 aromatic heterocycles. The molecule has 0 aliphatic rings. The first-order valence-electron chi connectivity index (χ1n) is 6.32. The zero-order valence-corrected chi connectivity index (χ0v) is 11.8. The van der Waals surface area contributed by atoms with Crippen molar-refractivity contribution in [2.75, 3.05) is 0 Å². The van der Waals surface area contributed by atoms with Crippen LogP contribution in [0.3, 0.4) is 0 Å². The van der Waals surface area contributed by atoms with Crippen molar-refractivity contribution < 1.29 is 5.11 Å². The lowest BCUT2D eigenvalue weighted by Gasteiger charge is -2.11. The van der Waals surface area contributed by atoms with E-state index in [0.29, 0.717) is 5.01 Å². The van der Waals surface area contributed by atoms with Gasteiger partial charge in [-0.15, -0.1) is 11.3 Å². The maximum atomic E-state index is 10.5. The van der Waals surface area contributed by atoms with Crippen molar-refractivity contribution in [1.82, 2.24) is 4.98 Å². The van der Waals surface area contributed by atoms with Crippen molar-refractivity contribution in [3.8, 4) is 11.8 Å². The second-order valence-electron chi connectivity index (χ2n) is 4.67. The number of hydrogen-bond donors (Lipinski definition) is 1. The lowest BCUT2D eigenvalue weighted by atomic mass is 10.1. The average molecular weight is 279 g/mol. The lowest BCUT2D eigenvalue weighted by Crippen LogP contribution is -2.18. The molecule has 1 atom stereocenters. The fourth-order valence-electron chi connectivity index (χ4n) is 1.85. The summed E-state index contributed by atoms with van der Waals surface area (Å²) in [5.41, 5.74) is 0.544. The number of aromatic nitrogens is 1. The highest BCUT2D eigenvalue weighted by Crippen LogP contribution is 2.29. The Hall–Kier alpha value is -2.15. The van der Waals surface area contributed by atoms with Crippen LogP contribution in [0.1, 0.15) is 17.5 Å². The fourth-order valence-corrected chi connectivity index (χ4v) is 2.82. The van der Waals surface area contributed by atoms with Crippen LogP contribution in [-0.4, -0.2) is 10.1 Å². The van der Waals surface area contributed by atoms with Crippen LogP contribution in [-0.2, 0) is 5.60 Å². The van der Waals surface area contributed by atoms with Crippen molar-refractivity contribution in [3.63, 3.8) is 0 Å². The third-order valence-corrected chi connectivity index (χ3v) is 4.18. The van der Waals surface area contributed by atoms with Gasteiger partial charge in [-0.05, 0) is 31.2 Å². The van der Waals surface area contributed by atoms with Crippen LogP contribution in [0, 0.1) is 11.8 Å². The van der Waals surface area contributed by atoms with Crippen molar-refractivity contribution in [1.29, 1.82) is 0 Å². The summed E-state index contributed by atoms with van der Waals surface area (Å²) in [6.45, 7) is 1.68. The molecule has 1 heterocycles. The predicted octanol–water partition coefficient (Wildman–Crippen LogP) is 3.56. The topological polar surface area (TPSA) is 33.1 Å². The van der Waals surface area contributed by atoms with Gasteiger partial charge in [0.25, 0.3) is 0 Å². The highest BCUT2D eigenvalue weighted by Gasteiger charge is 2.24. The van der Waals surface area contributed by atoms with Gasteiger partial charge >= 0.3 is 0 Å². The number of para-hydroxylation sites is 1. The van der Waals surface area contributed by atoms with Crippen molar-refractivity contribution in [2.45, 2.75) is 12.5 Å². The van der Waals surface area contributed by atoms with Crippen LogP contribution < -0.4 is 0 Å². The van der Waals surface area contributed by atoms with Crippen LogP contribution in [0.25, 0.3) is 10.2 Å². The number of nitrogens with zero attached hydrogens (tertiary/aromatic N) is 1. The number of benzene rings is 2. The molecular weight excluding hydrogens is 266 g/mol. The van der Waals surface area contributed by atoms with Crippen LogP contribution in [0.4, 0.5) is 0 Å². The van der Waals surface area contributed by atoms with E-state index in [0.717, 1.165) is 15.8 Å². The van der Waals surface area contributed by atoms with Gasteiger partial charge in [0, 0.05) is 5.56 Å². The molecule has 0 unspecified atom stereocenters. The smallest absolute Gasteiger partial charge is 0.174 e. The zero-order chi connectivity index (χ0) is 14.0. The molecule has 0 aliphatic carbocycles. The molecule has 0 aliphatic heterocycles. The van der Waals surface area contributed by atoms with Crippen molar-refractivity contribution in [2.24, 2.45) is 0 Å². The van der Waals surface area contributed by atoms with Gasteiger partial charge in [0.05, 0.1) is 10.2 Å². The number of hydrogen-bond acceptors (Lipinski definition) is 3. The third-order valence-electron chi connectivity index (χ3n) is 2.93. The van der Waals surface area contributed by atoms with Crippen LogP contribution >= 0.6 is 11.3 Å². The fraction of sp³-hybridized carbons (Fsp3) is 0.118. The minimum Gasteiger partial charge on any atom is -0.371 e. The largest absolute Gasteiger partial charge is 0.371 e. The molecule has 0 radical (unpaired) electrons. The van der Waals surface area contributed by atoms with E-state index in [1.54, 1.807) is 6.92 Å². The summed E-state index contributed by atoms with van der Waals surface area (Å²) < 4.78 is 1.06. The van der Waals surface area contributed by atoms with Crippen molar-refractivity contribution >= 4 is 21.6 Å². The van der Waals surface area contributed by atoms with Gasteiger partial charge in [0.2, 0.25) is 0 Å². The zero-order valence-electron chi connectivity index (χ0n) is 11.0. The summed E-state index contributed by atoms with van der Waals surface area (Å²) in [7, 11) is 0. The Bertz CT molecular complexity index is 761. The summed E-state index contributed by atoms with van der Waals surface area (Å²) in [4.78, 5) is 4.46. The van der Waals surface area contributed by atoms with E-state index in [4.69, 9.17) is 0 Å². The van der Waals surface area contributed by atoms with Crippen molar-refractivity contribution in [3.05, 3.63) is 65.2 Å². The quantitative estimate of drug-likeness (QED) is 0.691. The Morgan fingerprint density at radius 3 is 2.50 bits per heavy atom. The number of rotatable bonds is 1. The molecule has 0 saturated heterocycles. The van der Waals surface area contributed by atoms with Gasteiger partial charge in [0.1, 0.15) is 5.01 Å². The van der Waals surface area contributed by atoms with Gasteiger partial charge in [0.15, 0.2) is 5.60 Å². The maximum absolute atomic E-state index is 10.5. The molecular formula is C17H13NOS. The van der Waals surface area contributed by atoms with Gasteiger partial charge < -0.3 is 5.11 Å². The minimum atomic E-state index is -1.24. The van der Waals surface area contributed by atoms with E-state index < -0.39 is 5.60 Å². The molecule has 20 heavy (non-hydrogen) atoms. The molecule has 98 valence electrons. The van der Waals surface area contributed by atoms with Gasteiger partial charge in [-0.25, -0.2) is 4.98 Å². The lowest BCUT2D eigenvalue weighted by molar-refractivity contribution is 0.122. The Balaban J connectivity index is 1.97. The molecule has 0 amide bonds. The van der Waals surface area contributed by atoms with Gasteiger partial charge in [-0.2, -0.15) is 0 Å². The Morgan fingerprint density at radius 2 is 1.75 bits per heavy atom. The van der Waals surface area contributed by atoms with Gasteiger partial charge in [-0.3, -0.25) is 0 Å². The number of aliphatic hydroxyl groups is 1. The van der Waals surface area contributed by atoms with Crippen LogP contribution in [0.2, 0.25) is 0 Å². The van der Waals surface area contributed by atoms with Crippen LogP contribution in [0.15, 0.2) is 54.6 Å². The van der Waals surface area contributed by atoms with Gasteiger partial charge in [-0.1, -0.05) is 42.2 Å². The first kappa shape index (κ1) is 12.9. The summed E-state index contributed by atoms with van der Waals surface area (Å²) in [6, 6.07) is 17.5. The van der Waals surface area contributed by atoms with E-state index >= 15 is 0 Å². The van der Waals surface area contributed by atoms with E-state index in [2.05, 4.69) is 16.8 Å². The highest BCUT2D eigenvalue weighted by atomic mass is 32.1. The Morgan fingerprint density at radius 1 is 1.05 bits per heavy atom. The summed E-state index contributed by atoms with van der Waals surface area (Å²) in [5.74, 6) is 5.90. The molecule has 2 aromatic carbocycles. The maximum Gasteiger partial charge on any atom is 0.174 e. The number of fused-ring (bicyclic) bond motifs is 1. The summed E-state index contributed by atoms with van der Waals surface area (Å²) in [5, 5.41) is 11.1. The summed E-state index contributed by atoms with van der Waals surface area (Å²) in [6.07, 6.45) is 0. The third kappa shape index (κ3) is 2.57. The second kappa shape index (κ2) is 5.09. The average Bonchev–Trinajstić information content (AvgIpc) is 2.91. The van der Waals surface area contributed by atoms with E-state index in [9.17, 15) is 5.11 Å². The molecule has 0 saturated carbocycles. The Labute approximate surface area is 121 Å². The molecule has 1 N–H and O–H groups in total. The molecule has 3 heteroatoms. The molecule has 3 rings (SSSR count). The van der Waals surface area contributed by atoms with Crippen LogP contribution in [0.5, 0.6) is 0 Å². The van der Waals surface area contributed by atoms with E-state index in [1.807, 2.05) is 54.6 Å². The predicted molar refractivity (Wildman–Crippen MR) is 82.5 cm³/mol. The second-order valence-corrected chi connectivity index (χ2v) is 5.71.